The predicted octanol–water partition coefficient (Wildman–Crippen LogP) is 2.60. The summed E-state index contributed by atoms with van der Waals surface area (Å²) < 4.78 is 11.4. The number of ether oxygens (including phenoxy) is 2. The van der Waals surface area contributed by atoms with E-state index >= 15 is 0 Å². The standard InChI is InChI=1S/C11H11BrO3/c1-6(13)8-5-7-3-4-15-10(7)9(12)11(8)14-2/h5H,3-4H2,1-2H3. The molecule has 80 valence electrons. The molecule has 0 atom stereocenters. The molecular weight excluding hydrogens is 260 g/mol. The van der Waals surface area contributed by atoms with E-state index in [1.807, 2.05) is 6.07 Å². The zero-order valence-corrected chi connectivity index (χ0v) is 10.2. The number of halogens is 1. The largest absolute Gasteiger partial charge is 0.495 e. The van der Waals surface area contributed by atoms with Crippen LogP contribution < -0.4 is 9.47 Å². The van der Waals surface area contributed by atoms with Crippen LogP contribution >= 0.6 is 15.9 Å². The molecule has 0 bridgehead atoms. The highest BCUT2D eigenvalue weighted by molar-refractivity contribution is 9.10. The van der Waals surface area contributed by atoms with Gasteiger partial charge in [-0.15, -0.1) is 0 Å². The van der Waals surface area contributed by atoms with Gasteiger partial charge in [-0.05, 0) is 34.5 Å². The number of rotatable bonds is 2. The van der Waals surface area contributed by atoms with Gasteiger partial charge in [0.05, 0.1) is 19.3 Å². The van der Waals surface area contributed by atoms with Crippen LogP contribution in [0.5, 0.6) is 11.5 Å². The molecule has 0 unspecified atom stereocenters. The second-order valence-corrected chi connectivity index (χ2v) is 4.21. The van der Waals surface area contributed by atoms with Gasteiger partial charge in [-0.25, -0.2) is 0 Å². The Balaban J connectivity index is 2.66. The van der Waals surface area contributed by atoms with Crippen LogP contribution in [0.3, 0.4) is 0 Å². The second kappa shape index (κ2) is 3.85. The number of ketones is 1. The summed E-state index contributed by atoms with van der Waals surface area (Å²) in [6.07, 6.45) is 0.845. The van der Waals surface area contributed by atoms with E-state index < -0.39 is 0 Å². The highest BCUT2D eigenvalue weighted by Gasteiger charge is 2.23. The third kappa shape index (κ3) is 1.63. The normalized spacial score (nSPS) is 13.3. The van der Waals surface area contributed by atoms with Gasteiger partial charge in [0, 0.05) is 6.42 Å². The van der Waals surface area contributed by atoms with Crippen molar-refractivity contribution >= 4 is 21.7 Å². The first kappa shape index (κ1) is 10.5. The Labute approximate surface area is 96.5 Å². The number of fused-ring (bicyclic) bond motifs is 1. The van der Waals surface area contributed by atoms with E-state index in [0.29, 0.717) is 17.9 Å². The van der Waals surface area contributed by atoms with Gasteiger partial charge in [-0.2, -0.15) is 0 Å². The number of Topliss-reactive ketones (excluding diaryl/α,β-unsaturated/α-hetero) is 1. The maximum Gasteiger partial charge on any atom is 0.163 e. The summed E-state index contributed by atoms with van der Waals surface area (Å²) in [6.45, 7) is 2.20. The summed E-state index contributed by atoms with van der Waals surface area (Å²) in [6, 6.07) is 1.86. The molecule has 15 heavy (non-hydrogen) atoms. The van der Waals surface area contributed by atoms with Gasteiger partial charge in [-0.1, -0.05) is 0 Å². The molecule has 2 rings (SSSR count). The molecular formula is C11H11BrO3. The Morgan fingerprint density at radius 1 is 1.60 bits per heavy atom. The molecule has 0 fully saturated rings. The summed E-state index contributed by atoms with van der Waals surface area (Å²) in [5.41, 5.74) is 1.67. The quantitative estimate of drug-likeness (QED) is 0.775. The first-order chi connectivity index (χ1) is 7.15. The SMILES string of the molecule is COc1c(C(C)=O)cc2c(c1Br)OCC2. The minimum atomic E-state index is 0.00208. The third-order valence-corrected chi connectivity index (χ3v) is 3.18. The molecule has 0 aromatic heterocycles. The molecule has 1 aromatic rings. The summed E-state index contributed by atoms with van der Waals surface area (Å²) in [5, 5.41) is 0. The minimum absolute atomic E-state index is 0.00208. The van der Waals surface area contributed by atoms with Crippen molar-refractivity contribution in [2.45, 2.75) is 13.3 Å². The van der Waals surface area contributed by atoms with E-state index in [2.05, 4.69) is 15.9 Å². The lowest BCUT2D eigenvalue weighted by molar-refractivity contribution is 0.101. The average molecular weight is 271 g/mol. The van der Waals surface area contributed by atoms with Crippen molar-refractivity contribution in [1.29, 1.82) is 0 Å². The van der Waals surface area contributed by atoms with Crippen LogP contribution in [0.1, 0.15) is 22.8 Å². The van der Waals surface area contributed by atoms with E-state index in [-0.39, 0.29) is 5.78 Å². The summed E-state index contributed by atoms with van der Waals surface area (Å²) in [7, 11) is 1.55. The molecule has 0 aliphatic carbocycles. The van der Waals surface area contributed by atoms with Crippen LogP contribution in [-0.4, -0.2) is 19.5 Å². The first-order valence-corrected chi connectivity index (χ1v) is 5.47. The Bertz CT molecular complexity index is 426. The van der Waals surface area contributed by atoms with Crippen molar-refractivity contribution in [3.8, 4) is 11.5 Å². The van der Waals surface area contributed by atoms with Crippen molar-refractivity contribution < 1.29 is 14.3 Å². The Morgan fingerprint density at radius 3 is 2.93 bits per heavy atom. The monoisotopic (exact) mass is 270 g/mol. The van der Waals surface area contributed by atoms with Gasteiger partial charge < -0.3 is 9.47 Å². The molecule has 0 N–H and O–H groups in total. The number of carbonyl (C=O) groups excluding carboxylic acids is 1. The lowest BCUT2D eigenvalue weighted by Crippen LogP contribution is -2.00. The van der Waals surface area contributed by atoms with E-state index in [0.717, 1.165) is 22.2 Å². The lowest BCUT2D eigenvalue weighted by Gasteiger charge is -2.11. The minimum Gasteiger partial charge on any atom is -0.495 e. The topological polar surface area (TPSA) is 35.5 Å². The van der Waals surface area contributed by atoms with Crippen LogP contribution in [0.2, 0.25) is 0 Å². The molecule has 0 amide bonds. The number of hydrogen-bond donors (Lipinski definition) is 0. The van der Waals surface area contributed by atoms with E-state index in [1.165, 1.54) is 6.92 Å². The lowest BCUT2D eigenvalue weighted by atomic mass is 10.0. The summed E-state index contributed by atoms with van der Waals surface area (Å²) in [4.78, 5) is 11.4. The van der Waals surface area contributed by atoms with Gasteiger partial charge in [0.2, 0.25) is 0 Å². The van der Waals surface area contributed by atoms with Crippen molar-refractivity contribution in [2.75, 3.05) is 13.7 Å². The van der Waals surface area contributed by atoms with Crippen molar-refractivity contribution in [2.24, 2.45) is 0 Å². The van der Waals surface area contributed by atoms with E-state index in [1.54, 1.807) is 7.11 Å². The smallest absolute Gasteiger partial charge is 0.163 e. The zero-order valence-electron chi connectivity index (χ0n) is 8.59. The molecule has 0 radical (unpaired) electrons. The number of methoxy groups -OCH3 is 1. The third-order valence-electron chi connectivity index (χ3n) is 2.45. The molecule has 1 aliphatic rings. The summed E-state index contributed by atoms with van der Waals surface area (Å²) in [5.74, 6) is 1.36. The molecule has 1 heterocycles. The van der Waals surface area contributed by atoms with Crippen molar-refractivity contribution in [3.63, 3.8) is 0 Å². The highest BCUT2D eigenvalue weighted by atomic mass is 79.9. The van der Waals surface area contributed by atoms with Gasteiger partial charge in [-0.3, -0.25) is 4.79 Å². The van der Waals surface area contributed by atoms with Gasteiger partial charge in [0.1, 0.15) is 16.0 Å². The molecule has 3 nitrogen and oxygen atoms in total. The Morgan fingerprint density at radius 2 is 2.33 bits per heavy atom. The fraction of sp³-hybridized carbons (Fsp3) is 0.364. The molecule has 0 saturated heterocycles. The fourth-order valence-corrected chi connectivity index (χ4v) is 2.48. The van der Waals surface area contributed by atoms with Crippen LogP contribution in [0.15, 0.2) is 10.5 Å². The Hall–Kier alpha value is -1.03. The van der Waals surface area contributed by atoms with Crippen molar-refractivity contribution in [3.05, 3.63) is 21.7 Å². The van der Waals surface area contributed by atoms with E-state index in [9.17, 15) is 4.79 Å². The Kier molecular flexibility index (Phi) is 2.69. The predicted molar refractivity (Wildman–Crippen MR) is 59.9 cm³/mol. The van der Waals surface area contributed by atoms with Crippen molar-refractivity contribution in [1.82, 2.24) is 0 Å². The molecule has 0 spiro atoms. The molecule has 4 heteroatoms. The maximum absolute atomic E-state index is 11.4. The number of hydrogen-bond acceptors (Lipinski definition) is 3. The van der Waals surface area contributed by atoms with Crippen LogP contribution in [0.4, 0.5) is 0 Å². The van der Waals surface area contributed by atoms with Crippen LogP contribution in [0, 0.1) is 0 Å². The first-order valence-electron chi connectivity index (χ1n) is 4.68. The van der Waals surface area contributed by atoms with E-state index in [4.69, 9.17) is 9.47 Å². The number of carbonyl (C=O) groups is 1. The number of benzene rings is 1. The molecule has 0 saturated carbocycles. The van der Waals surface area contributed by atoms with Gasteiger partial charge >= 0.3 is 0 Å². The fourth-order valence-electron chi connectivity index (χ4n) is 1.73. The highest BCUT2D eigenvalue weighted by Crippen LogP contribution is 2.42. The average Bonchev–Trinajstić information content (AvgIpc) is 2.65. The maximum atomic E-state index is 11.4. The van der Waals surface area contributed by atoms with Gasteiger partial charge in [0.25, 0.3) is 0 Å². The molecule has 1 aliphatic heterocycles. The zero-order chi connectivity index (χ0) is 11.0. The van der Waals surface area contributed by atoms with Gasteiger partial charge in [0.15, 0.2) is 5.78 Å². The van der Waals surface area contributed by atoms with Crippen LogP contribution in [0.25, 0.3) is 0 Å². The molecule has 1 aromatic carbocycles. The summed E-state index contributed by atoms with van der Waals surface area (Å²) >= 11 is 3.41. The second-order valence-electron chi connectivity index (χ2n) is 3.41. The van der Waals surface area contributed by atoms with Crippen LogP contribution in [-0.2, 0) is 6.42 Å².